The van der Waals surface area contributed by atoms with Crippen LogP contribution in [0.5, 0.6) is 0 Å². The van der Waals surface area contributed by atoms with Crippen molar-refractivity contribution in [3.05, 3.63) is 0 Å². The fourth-order valence-corrected chi connectivity index (χ4v) is 0.412. The highest BCUT2D eigenvalue weighted by molar-refractivity contribution is 5.46. The molecule has 3 nitrogen and oxygen atoms in total. The summed E-state index contributed by atoms with van der Waals surface area (Å²) in [6.07, 6.45) is 0.415. The molecule has 0 aromatic rings. The number of rotatable bonds is 1. The predicted molar refractivity (Wildman–Crippen MR) is 28.5 cm³/mol. The van der Waals surface area contributed by atoms with Crippen LogP contribution in [-0.4, -0.2) is 37.5 Å². The smallest absolute Gasteiger partial charge is 0.209 e. The SMILES string of the molecule is [2H]C1([2H])CN(C=O)CC([2H])([2H])O1. The number of amides is 1. The third-order valence-corrected chi connectivity index (χ3v) is 0.829. The zero-order valence-electron chi connectivity index (χ0n) is 8.26. The molecular weight excluding hydrogens is 106 g/mol. The van der Waals surface area contributed by atoms with Gasteiger partial charge in [-0.1, -0.05) is 0 Å². The largest absolute Gasteiger partial charge is 0.378 e. The number of hydrogen-bond acceptors (Lipinski definition) is 2. The Labute approximate surface area is 53.8 Å². The minimum atomic E-state index is -2.09. The molecule has 0 bridgehead atoms. The number of morpholine rings is 1. The van der Waals surface area contributed by atoms with Gasteiger partial charge in [0, 0.05) is 13.1 Å². The van der Waals surface area contributed by atoms with Gasteiger partial charge in [0.1, 0.15) is 0 Å². The van der Waals surface area contributed by atoms with Crippen LogP contribution in [0.1, 0.15) is 5.48 Å². The van der Waals surface area contributed by atoms with E-state index < -0.39 is 13.1 Å². The first-order chi connectivity index (χ1) is 5.35. The van der Waals surface area contributed by atoms with E-state index in [1.807, 2.05) is 0 Å². The molecule has 3 heteroatoms. The highest BCUT2D eigenvalue weighted by Crippen LogP contribution is 1.90. The molecule has 8 heavy (non-hydrogen) atoms. The number of hydrogen-bond donors (Lipinski definition) is 0. The van der Waals surface area contributed by atoms with Crippen molar-refractivity contribution in [2.24, 2.45) is 0 Å². The van der Waals surface area contributed by atoms with Gasteiger partial charge in [-0.3, -0.25) is 4.79 Å². The normalized spacial score (nSPS) is 40.8. The van der Waals surface area contributed by atoms with E-state index in [2.05, 4.69) is 4.74 Å². The third-order valence-electron chi connectivity index (χ3n) is 0.829. The summed E-state index contributed by atoms with van der Waals surface area (Å²) in [5.74, 6) is 0. The summed E-state index contributed by atoms with van der Waals surface area (Å²) >= 11 is 0. The maximum atomic E-state index is 10.3. The van der Waals surface area contributed by atoms with Gasteiger partial charge in [-0.05, 0) is 0 Å². The van der Waals surface area contributed by atoms with Gasteiger partial charge < -0.3 is 9.64 Å². The van der Waals surface area contributed by atoms with Gasteiger partial charge in [-0.15, -0.1) is 0 Å². The fraction of sp³-hybridized carbons (Fsp3) is 0.800. The molecule has 1 rings (SSSR count). The number of carbonyl (C=O) groups excluding carboxylic acids is 1. The molecule has 1 heterocycles. The molecule has 0 N–H and O–H groups in total. The van der Waals surface area contributed by atoms with Gasteiger partial charge in [0.15, 0.2) is 0 Å². The molecule has 0 aromatic carbocycles. The molecule has 1 saturated heterocycles. The third kappa shape index (κ3) is 1.20. The Morgan fingerprint density at radius 1 is 1.62 bits per heavy atom. The van der Waals surface area contributed by atoms with Crippen LogP contribution in [-0.2, 0) is 9.53 Å². The topological polar surface area (TPSA) is 29.5 Å². The Bertz CT molecular complexity index is 180. The van der Waals surface area contributed by atoms with Crippen LogP contribution in [0.2, 0.25) is 0 Å². The van der Waals surface area contributed by atoms with Crippen LogP contribution in [0.15, 0.2) is 0 Å². The number of ether oxygens (including phenoxy) is 1. The van der Waals surface area contributed by atoms with Gasteiger partial charge in [0.05, 0.1) is 18.6 Å². The monoisotopic (exact) mass is 119 g/mol. The van der Waals surface area contributed by atoms with Gasteiger partial charge >= 0.3 is 0 Å². The van der Waals surface area contributed by atoms with E-state index in [0.29, 0.717) is 6.41 Å². The molecule has 0 aromatic heterocycles. The predicted octanol–water partition coefficient (Wildman–Crippen LogP) is -0.525. The molecule has 46 valence electrons. The van der Waals surface area contributed by atoms with E-state index in [9.17, 15) is 4.79 Å². The highest BCUT2D eigenvalue weighted by atomic mass is 16.5. The van der Waals surface area contributed by atoms with Gasteiger partial charge in [0.25, 0.3) is 0 Å². The van der Waals surface area contributed by atoms with Crippen LogP contribution in [0.3, 0.4) is 0 Å². The summed E-state index contributed by atoms with van der Waals surface area (Å²) in [7, 11) is 0. The molecule has 1 aliphatic heterocycles. The van der Waals surface area contributed by atoms with Crippen molar-refractivity contribution in [3.8, 4) is 0 Å². The van der Waals surface area contributed by atoms with Gasteiger partial charge in [-0.2, -0.15) is 0 Å². The van der Waals surface area contributed by atoms with Crippen LogP contribution >= 0.6 is 0 Å². The second kappa shape index (κ2) is 2.67. The van der Waals surface area contributed by atoms with E-state index >= 15 is 0 Å². The van der Waals surface area contributed by atoms with Crippen molar-refractivity contribution in [1.82, 2.24) is 4.90 Å². The van der Waals surface area contributed by atoms with Crippen molar-refractivity contribution in [2.75, 3.05) is 26.2 Å². The van der Waals surface area contributed by atoms with E-state index in [1.54, 1.807) is 0 Å². The fourth-order valence-electron chi connectivity index (χ4n) is 0.412. The minimum absolute atomic E-state index is 0.226. The standard InChI is InChI=1S/C5H9NO2/c7-5-6-1-3-8-4-2-6/h5H,1-4H2/i3D2,4D2. The molecule has 1 fully saturated rings. The molecule has 0 atom stereocenters. The zero-order valence-corrected chi connectivity index (χ0v) is 4.26. The summed E-state index contributed by atoms with van der Waals surface area (Å²) < 4.78 is 32.9. The highest BCUT2D eigenvalue weighted by Gasteiger charge is 2.05. The first-order valence-electron chi connectivity index (χ1n) is 4.24. The van der Waals surface area contributed by atoms with Gasteiger partial charge in [0.2, 0.25) is 6.41 Å². The van der Waals surface area contributed by atoms with Gasteiger partial charge in [-0.25, -0.2) is 0 Å². The van der Waals surface area contributed by atoms with Crippen molar-refractivity contribution in [1.29, 1.82) is 0 Å². The summed E-state index contributed by atoms with van der Waals surface area (Å²) in [5.41, 5.74) is 0. The van der Waals surface area contributed by atoms with Crippen molar-refractivity contribution in [2.45, 2.75) is 0 Å². The van der Waals surface area contributed by atoms with Crippen LogP contribution in [0, 0.1) is 0 Å². The maximum Gasteiger partial charge on any atom is 0.209 e. The summed E-state index contributed by atoms with van der Waals surface area (Å²) in [6.45, 7) is -4.64. The second-order valence-electron chi connectivity index (χ2n) is 1.40. The van der Waals surface area contributed by atoms with Crippen LogP contribution in [0.4, 0.5) is 0 Å². The Balaban J connectivity index is 2.72. The molecule has 1 amide bonds. The van der Waals surface area contributed by atoms with E-state index in [1.165, 1.54) is 0 Å². The molecule has 0 aliphatic carbocycles. The lowest BCUT2D eigenvalue weighted by molar-refractivity contribution is -0.121. The van der Waals surface area contributed by atoms with E-state index in [-0.39, 0.29) is 13.1 Å². The molecule has 0 radical (unpaired) electrons. The summed E-state index contributed by atoms with van der Waals surface area (Å²) in [4.78, 5) is 11.3. The Morgan fingerprint density at radius 2 is 2.25 bits per heavy atom. The molecular formula is C5H9NO2. The first kappa shape index (κ1) is 2.35. The lowest BCUT2D eigenvalue weighted by Gasteiger charge is -2.21. The van der Waals surface area contributed by atoms with Crippen LogP contribution in [0.25, 0.3) is 0 Å². The number of carbonyl (C=O) groups is 1. The van der Waals surface area contributed by atoms with Crippen molar-refractivity contribution < 1.29 is 15.0 Å². The minimum Gasteiger partial charge on any atom is -0.378 e. The molecule has 0 unspecified atom stereocenters. The van der Waals surface area contributed by atoms with Crippen LogP contribution < -0.4 is 0 Å². The lowest BCUT2D eigenvalue weighted by atomic mass is 10.5. The number of nitrogens with zero attached hydrogens (tertiary/aromatic N) is 1. The average Bonchev–Trinajstić information content (AvgIpc) is 1.80. The summed E-state index contributed by atoms with van der Waals surface area (Å²) in [5, 5.41) is 0. The second-order valence-corrected chi connectivity index (χ2v) is 1.40. The Hall–Kier alpha value is -0.570. The Kier molecular flexibility index (Phi) is 0.784. The van der Waals surface area contributed by atoms with Crippen molar-refractivity contribution >= 4 is 6.41 Å². The van der Waals surface area contributed by atoms with E-state index in [4.69, 9.17) is 5.48 Å². The maximum absolute atomic E-state index is 10.3. The zero-order chi connectivity index (χ0) is 9.41. The summed E-state index contributed by atoms with van der Waals surface area (Å²) in [6, 6.07) is 0. The van der Waals surface area contributed by atoms with E-state index in [0.717, 1.165) is 4.90 Å². The molecule has 0 spiro atoms. The lowest BCUT2D eigenvalue weighted by Crippen LogP contribution is -2.34. The quantitative estimate of drug-likeness (QED) is 0.434. The molecule has 1 aliphatic rings. The first-order valence-corrected chi connectivity index (χ1v) is 2.24. The average molecular weight is 119 g/mol. The Morgan fingerprint density at radius 3 is 2.75 bits per heavy atom. The van der Waals surface area contributed by atoms with Crippen molar-refractivity contribution in [3.63, 3.8) is 0 Å². The molecule has 0 saturated carbocycles.